The zero-order chi connectivity index (χ0) is 13.7. The lowest BCUT2D eigenvalue weighted by molar-refractivity contribution is 0.141. The lowest BCUT2D eigenvalue weighted by atomic mass is 9.95. The number of nitrogen functional groups attached to an aromatic ring is 1. The van der Waals surface area contributed by atoms with Crippen LogP contribution in [0.4, 0.5) is 5.69 Å². The minimum Gasteiger partial charge on any atom is -0.496 e. The van der Waals surface area contributed by atoms with Crippen molar-refractivity contribution in [2.24, 2.45) is 5.92 Å². The van der Waals surface area contributed by atoms with E-state index >= 15 is 0 Å². The van der Waals surface area contributed by atoms with Gasteiger partial charge in [-0.3, -0.25) is 4.90 Å². The average molecular weight is 264 g/mol. The number of likely N-dealkylation sites (tertiary alicyclic amines) is 1. The topological polar surface area (TPSA) is 58.7 Å². The van der Waals surface area contributed by atoms with E-state index in [2.05, 4.69) is 4.90 Å². The van der Waals surface area contributed by atoms with Crippen molar-refractivity contribution in [2.45, 2.75) is 25.8 Å². The monoisotopic (exact) mass is 264 g/mol. The van der Waals surface area contributed by atoms with Crippen molar-refractivity contribution in [3.05, 3.63) is 23.8 Å². The summed E-state index contributed by atoms with van der Waals surface area (Å²) in [5, 5.41) is 9.06. The van der Waals surface area contributed by atoms with Gasteiger partial charge in [-0.05, 0) is 49.9 Å². The van der Waals surface area contributed by atoms with Crippen molar-refractivity contribution in [3.8, 4) is 5.75 Å². The van der Waals surface area contributed by atoms with Crippen LogP contribution in [0.15, 0.2) is 18.2 Å². The third kappa shape index (κ3) is 3.85. The number of hydrogen-bond acceptors (Lipinski definition) is 4. The first-order valence-electron chi connectivity index (χ1n) is 6.98. The number of piperidine rings is 1. The predicted octanol–water partition coefficient (Wildman–Crippen LogP) is 1.87. The van der Waals surface area contributed by atoms with Gasteiger partial charge in [-0.15, -0.1) is 0 Å². The molecule has 3 N–H and O–H groups in total. The molecule has 1 saturated heterocycles. The molecule has 0 bridgehead atoms. The first-order valence-corrected chi connectivity index (χ1v) is 6.98. The third-order valence-corrected chi connectivity index (χ3v) is 3.84. The van der Waals surface area contributed by atoms with Crippen LogP contribution >= 0.6 is 0 Å². The highest BCUT2D eigenvalue weighted by Gasteiger charge is 2.20. The van der Waals surface area contributed by atoms with Gasteiger partial charge in [-0.25, -0.2) is 0 Å². The number of aliphatic hydroxyl groups is 1. The number of anilines is 1. The molecule has 0 saturated carbocycles. The molecule has 2 rings (SSSR count). The minimum atomic E-state index is 0.292. The van der Waals surface area contributed by atoms with Crippen molar-refractivity contribution < 1.29 is 9.84 Å². The molecule has 106 valence electrons. The number of hydrogen-bond donors (Lipinski definition) is 2. The van der Waals surface area contributed by atoms with Gasteiger partial charge >= 0.3 is 0 Å². The smallest absolute Gasteiger partial charge is 0.123 e. The number of ether oxygens (including phenoxy) is 1. The molecular formula is C15H24N2O2. The van der Waals surface area contributed by atoms with Gasteiger partial charge in [-0.2, -0.15) is 0 Å². The van der Waals surface area contributed by atoms with Crippen molar-refractivity contribution in [2.75, 3.05) is 32.5 Å². The highest BCUT2D eigenvalue weighted by atomic mass is 16.5. The molecule has 1 heterocycles. The fraction of sp³-hybridized carbons (Fsp3) is 0.600. The number of rotatable bonds is 5. The maximum atomic E-state index is 9.06. The summed E-state index contributed by atoms with van der Waals surface area (Å²) in [5.74, 6) is 1.52. The Morgan fingerprint density at radius 2 is 2.32 bits per heavy atom. The summed E-state index contributed by atoms with van der Waals surface area (Å²) < 4.78 is 5.39. The quantitative estimate of drug-likeness (QED) is 0.797. The molecular weight excluding hydrogens is 240 g/mol. The van der Waals surface area contributed by atoms with E-state index in [4.69, 9.17) is 15.6 Å². The second kappa shape index (κ2) is 6.78. The number of nitrogens with zero attached hydrogens (tertiary/aromatic N) is 1. The first-order chi connectivity index (χ1) is 9.22. The van der Waals surface area contributed by atoms with Crippen molar-refractivity contribution in [1.82, 2.24) is 4.90 Å². The molecule has 0 spiro atoms. The molecule has 1 atom stereocenters. The summed E-state index contributed by atoms with van der Waals surface area (Å²) in [6, 6.07) is 5.79. The molecule has 0 radical (unpaired) electrons. The molecule has 1 aliphatic rings. The Morgan fingerprint density at radius 1 is 1.47 bits per heavy atom. The number of benzene rings is 1. The van der Waals surface area contributed by atoms with Crippen LogP contribution in [0.3, 0.4) is 0 Å². The van der Waals surface area contributed by atoms with Crippen LogP contribution < -0.4 is 10.5 Å². The normalized spacial score (nSPS) is 20.4. The van der Waals surface area contributed by atoms with E-state index in [1.165, 1.54) is 12.8 Å². The molecule has 1 fully saturated rings. The van der Waals surface area contributed by atoms with Crippen LogP contribution in [0.1, 0.15) is 24.8 Å². The molecule has 1 aromatic rings. The maximum Gasteiger partial charge on any atom is 0.123 e. The highest BCUT2D eigenvalue weighted by Crippen LogP contribution is 2.26. The predicted molar refractivity (Wildman–Crippen MR) is 77.1 cm³/mol. The fourth-order valence-corrected chi connectivity index (χ4v) is 2.88. The van der Waals surface area contributed by atoms with Gasteiger partial charge < -0.3 is 15.6 Å². The van der Waals surface area contributed by atoms with E-state index in [0.29, 0.717) is 12.5 Å². The van der Waals surface area contributed by atoms with E-state index in [1.807, 2.05) is 18.2 Å². The summed E-state index contributed by atoms with van der Waals surface area (Å²) >= 11 is 0. The molecule has 0 aromatic heterocycles. The summed E-state index contributed by atoms with van der Waals surface area (Å²) in [6.07, 6.45) is 3.34. The molecule has 0 amide bonds. The van der Waals surface area contributed by atoms with Crippen LogP contribution in [-0.2, 0) is 6.54 Å². The summed E-state index contributed by atoms with van der Waals surface area (Å²) in [4.78, 5) is 2.43. The van der Waals surface area contributed by atoms with Crippen LogP contribution in [0.2, 0.25) is 0 Å². The second-order valence-corrected chi connectivity index (χ2v) is 5.33. The van der Waals surface area contributed by atoms with Gasteiger partial charge in [0.25, 0.3) is 0 Å². The van der Waals surface area contributed by atoms with Crippen LogP contribution in [0, 0.1) is 5.92 Å². The number of methoxy groups -OCH3 is 1. The van der Waals surface area contributed by atoms with E-state index in [-0.39, 0.29) is 0 Å². The Balaban J connectivity index is 2.01. The van der Waals surface area contributed by atoms with Crippen molar-refractivity contribution in [1.29, 1.82) is 0 Å². The van der Waals surface area contributed by atoms with Gasteiger partial charge in [0.05, 0.1) is 7.11 Å². The molecule has 4 nitrogen and oxygen atoms in total. The van der Waals surface area contributed by atoms with Gasteiger partial charge in [-0.1, -0.05) is 0 Å². The van der Waals surface area contributed by atoms with Gasteiger partial charge in [0.15, 0.2) is 0 Å². The zero-order valence-corrected chi connectivity index (χ0v) is 11.6. The number of nitrogens with two attached hydrogens (primary N) is 1. The molecule has 0 aliphatic carbocycles. The van der Waals surface area contributed by atoms with Crippen molar-refractivity contribution in [3.63, 3.8) is 0 Å². The Bertz CT molecular complexity index is 407. The van der Waals surface area contributed by atoms with E-state index in [1.54, 1.807) is 7.11 Å². The summed E-state index contributed by atoms with van der Waals surface area (Å²) in [7, 11) is 1.69. The largest absolute Gasteiger partial charge is 0.496 e. The van der Waals surface area contributed by atoms with E-state index in [9.17, 15) is 0 Å². The summed E-state index contributed by atoms with van der Waals surface area (Å²) in [6.45, 7) is 3.33. The van der Waals surface area contributed by atoms with Crippen molar-refractivity contribution >= 4 is 5.69 Å². The lowest BCUT2D eigenvalue weighted by Crippen LogP contribution is -2.35. The van der Waals surface area contributed by atoms with Gasteiger partial charge in [0, 0.05) is 30.9 Å². The van der Waals surface area contributed by atoms with E-state index < -0.39 is 0 Å². The van der Waals surface area contributed by atoms with Crippen LogP contribution in [0.5, 0.6) is 5.75 Å². The molecule has 1 aromatic carbocycles. The Hall–Kier alpha value is -1.26. The first kappa shape index (κ1) is 14.2. The van der Waals surface area contributed by atoms with Gasteiger partial charge in [0.2, 0.25) is 0 Å². The molecule has 1 aliphatic heterocycles. The molecule has 19 heavy (non-hydrogen) atoms. The lowest BCUT2D eigenvalue weighted by Gasteiger charge is -2.32. The third-order valence-electron chi connectivity index (χ3n) is 3.84. The SMILES string of the molecule is COc1ccc(N)cc1CN1CCCC(CCO)C1. The Labute approximate surface area is 115 Å². The second-order valence-electron chi connectivity index (χ2n) is 5.33. The van der Waals surface area contributed by atoms with Crippen LogP contribution in [0.25, 0.3) is 0 Å². The fourth-order valence-electron chi connectivity index (χ4n) is 2.88. The molecule has 4 heteroatoms. The number of aliphatic hydroxyl groups excluding tert-OH is 1. The molecule has 1 unspecified atom stereocenters. The standard InChI is InChI=1S/C15H24N2O2/c1-19-15-5-4-14(16)9-13(15)11-17-7-2-3-12(10-17)6-8-18/h4-5,9,12,18H,2-3,6-8,10-11,16H2,1H3. The maximum absolute atomic E-state index is 9.06. The Kier molecular flexibility index (Phi) is 5.05. The zero-order valence-electron chi connectivity index (χ0n) is 11.6. The average Bonchev–Trinajstić information content (AvgIpc) is 2.40. The summed E-state index contributed by atoms with van der Waals surface area (Å²) in [5.41, 5.74) is 7.78. The van der Waals surface area contributed by atoms with Gasteiger partial charge in [0.1, 0.15) is 5.75 Å². The van der Waals surface area contributed by atoms with E-state index in [0.717, 1.165) is 43.1 Å². The minimum absolute atomic E-state index is 0.292. The Morgan fingerprint density at radius 3 is 3.05 bits per heavy atom. The van der Waals surface area contributed by atoms with Crippen LogP contribution in [-0.4, -0.2) is 36.8 Å². The highest BCUT2D eigenvalue weighted by molar-refractivity contribution is 5.47.